The number of aliphatic hydroxyl groups excluding tert-OH is 1. The standard InChI is InChI=1S/C13H17ClO2S/c1-10(11-2-4-12(14)5-3-11)17-9-13(6-15)7-16-8-13/h2-5,10,15H,6-9H2,1H3. The Balaban J connectivity index is 1.88. The van der Waals surface area contributed by atoms with Crippen molar-refractivity contribution in [2.45, 2.75) is 12.2 Å². The second-order valence-corrected chi connectivity index (χ2v) is 6.42. The second kappa shape index (κ2) is 5.61. The van der Waals surface area contributed by atoms with E-state index in [9.17, 15) is 5.11 Å². The lowest BCUT2D eigenvalue weighted by atomic mass is 9.90. The van der Waals surface area contributed by atoms with Crippen molar-refractivity contribution < 1.29 is 9.84 Å². The highest BCUT2D eigenvalue weighted by Gasteiger charge is 2.38. The molecule has 1 aromatic carbocycles. The fourth-order valence-corrected chi connectivity index (χ4v) is 3.08. The van der Waals surface area contributed by atoms with Gasteiger partial charge in [-0.15, -0.1) is 0 Å². The molecule has 17 heavy (non-hydrogen) atoms. The van der Waals surface area contributed by atoms with E-state index in [-0.39, 0.29) is 12.0 Å². The number of aliphatic hydroxyl groups is 1. The summed E-state index contributed by atoms with van der Waals surface area (Å²) < 4.78 is 5.19. The van der Waals surface area contributed by atoms with E-state index < -0.39 is 0 Å². The van der Waals surface area contributed by atoms with Crippen LogP contribution in [0.25, 0.3) is 0 Å². The second-order valence-electron chi connectivity index (χ2n) is 4.66. The number of thioether (sulfide) groups is 1. The molecule has 0 radical (unpaired) electrons. The monoisotopic (exact) mass is 272 g/mol. The van der Waals surface area contributed by atoms with E-state index in [0.29, 0.717) is 18.5 Å². The molecule has 1 unspecified atom stereocenters. The molecule has 1 aliphatic heterocycles. The maximum absolute atomic E-state index is 9.35. The minimum Gasteiger partial charge on any atom is -0.396 e. The molecular formula is C13H17ClO2S. The Morgan fingerprint density at radius 2 is 2.06 bits per heavy atom. The lowest BCUT2D eigenvalue weighted by molar-refractivity contribution is -0.121. The molecule has 0 saturated carbocycles. The number of halogens is 1. The third kappa shape index (κ3) is 3.16. The normalized spacial score (nSPS) is 19.7. The summed E-state index contributed by atoms with van der Waals surface area (Å²) in [5.74, 6) is 0.938. The molecule has 1 aromatic rings. The Morgan fingerprint density at radius 3 is 2.53 bits per heavy atom. The van der Waals surface area contributed by atoms with Gasteiger partial charge in [0, 0.05) is 21.4 Å². The molecule has 1 saturated heterocycles. The summed E-state index contributed by atoms with van der Waals surface area (Å²) >= 11 is 7.72. The maximum Gasteiger partial charge on any atom is 0.0575 e. The minimum atomic E-state index is -0.00858. The third-order valence-electron chi connectivity index (χ3n) is 3.13. The van der Waals surface area contributed by atoms with Crippen LogP contribution < -0.4 is 0 Å². The lowest BCUT2D eigenvalue weighted by Gasteiger charge is -2.40. The Labute approximate surface area is 111 Å². The molecule has 0 aliphatic carbocycles. The van der Waals surface area contributed by atoms with Crippen molar-refractivity contribution in [3.05, 3.63) is 34.9 Å². The molecule has 1 fully saturated rings. The Hall–Kier alpha value is -0.220. The summed E-state index contributed by atoms with van der Waals surface area (Å²) in [6, 6.07) is 7.95. The molecule has 1 N–H and O–H groups in total. The molecule has 94 valence electrons. The van der Waals surface area contributed by atoms with Crippen LogP contribution in [0, 0.1) is 5.41 Å². The van der Waals surface area contributed by atoms with Crippen molar-refractivity contribution in [2.24, 2.45) is 5.41 Å². The van der Waals surface area contributed by atoms with Crippen LogP contribution in [0.3, 0.4) is 0 Å². The minimum absolute atomic E-state index is 0.00858. The average Bonchev–Trinajstić information content (AvgIpc) is 2.29. The van der Waals surface area contributed by atoms with Gasteiger partial charge in [0.05, 0.1) is 19.8 Å². The molecule has 0 spiro atoms. The lowest BCUT2D eigenvalue weighted by Crippen LogP contribution is -2.47. The van der Waals surface area contributed by atoms with Crippen molar-refractivity contribution in [3.63, 3.8) is 0 Å². The van der Waals surface area contributed by atoms with Gasteiger partial charge in [-0.25, -0.2) is 0 Å². The first-order chi connectivity index (χ1) is 8.15. The Bertz CT molecular complexity index is 357. The highest BCUT2D eigenvalue weighted by molar-refractivity contribution is 7.99. The Kier molecular flexibility index (Phi) is 4.36. The number of hydrogen-bond acceptors (Lipinski definition) is 3. The molecule has 0 aromatic heterocycles. The smallest absolute Gasteiger partial charge is 0.0575 e. The van der Waals surface area contributed by atoms with Crippen LogP contribution in [-0.2, 0) is 4.74 Å². The summed E-state index contributed by atoms with van der Waals surface area (Å²) in [4.78, 5) is 0. The fourth-order valence-electron chi connectivity index (χ4n) is 1.74. The van der Waals surface area contributed by atoms with Gasteiger partial charge >= 0.3 is 0 Å². The topological polar surface area (TPSA) is 29.5 Å². The number of rotatable bonds is 5. The predicted molar refractivity (Wildman–Crippen MR) is 72.7 cm³/mol. The van der Waals surface area contributed by atoms with E-state index >= 15 is 0 Å². The van der Waals surface area contributed by atoms with Gasteiger partial charge in [0.25, 0.3) is 0 Å². The fraction of sp³-hybridized carbons (Fsp3) is 0.538. The van der Waals surface area contributed by atoms with Crippen LogP contribution in [0.2, 0.25) is 5.02 Å². The quantitative estimate of drug-likeness (QED) is 0.893. The van der Waals surface area contributed by atoms with Crippen LogP contribution >= 0.6 is 23.4 Å². The summed E-state index contributed by atoms with van der Waals surface area (Å²) in [5, 5.41) is 10.5. The molecule has 1 aliphatic rings. The highest BCUT2D eigenvalue weighted by Crippen LogP contribution is 2.37. The van der Waals surface area contributed by atoms with Crippen molar-refractivity contribution in [2.75, 3.05) is 25.6 Å². The summed E-state index contributed by atoms with van der Waals surface area (Å²) in [5.41, 5.74) is 1.26. The van der Waals surface area contributed by atoms with Crippen LogP contribution in [0.1, 0.15) is 17.7 Å². The van der Waals surface area contributed by atoms with Crippen LogP contribution in [0.5, 0.6) is 0 Å². The van der Waals surface area contributed by atoms with Crippen molar-refractivity contribution in [1.29, 1.82) is 0 Å². The third-order valence-corrected chi connectivity index (χ3v) is 4.93. The van der Waals surface area contributed by atoms with E-state index in [0.717, 1.165) is 10.8 Å². The summed E-state index contributed by atoms with van der Waals surface area (Å²) in [6.45, 7) is 3.76. The number of hydrogen-bond donors (Lipinski definition) is 1. The highest BCUT2D eigenvalue weighted by atomic mass is 35.5. The SMILES string of the molecule is CC(SCC1(CO)COC1)c1ccc(Cl)cc1. The molecule has 4 heteroatoms. The summed E-state index contributed by atoms with van der Waals surface area (Å²) in [6.07, 6.45) is 0. The molecule has 2 nitrogen and oxygen atoms in total. The zero-order valence-corrected chi connectivity index (χ0v) is 11.4. The van der Waals surface area contributed by atoms with Crippen LogP contribution in [0.15, 0.2) is 24.3 Å². The van der Waals surface area contributed by atoms with Crippen LogP contribution in [-0.4, -0.2) is 30.7 Å². The molecule has 0 bridgehead atoms. The van der Waals surface area contributed by atoms with E-state index in [1.165, 1.54) is 5.56 Å². The predicted octanol–water partition coefficient (Wildman–Crippen LogP) is 3.14. The number of benzene rings is 1. The van der Waals surface area contributed by atoms with Gasteiger partial charge in [-0.2, -0.15) is 11.8 Å². The molecule has 0 amide bonds. The van der Waals surface area contributed by atoms with Crippen molar-refractivity contribution >= 4 is 23.4 Å². The van der Waals surface area contributed by atoms with E-state index in [4.69, 9.17) is 16.3 Å². The molecule has 2 rings (SSSR count). The van der Waals surface area contributed by atoms with E-state index in [2.05, 4.69) is 19.1 Å². The zero-order chi connectivity index (χ0) is 12.3. The number of ether oxygens (including phenoxy) is 1. The molecule has 1 heterocycles. The summed E-state index contributed by atoms with van der Waals surface area (Å²) in [7, 11) is 0. The van der Waals surface area contributed by atoms with Gasteiger partial charge in [-0.1, -0.05) is 23.7 Å². The molecular weight excluding hydrogens is 256 g/mol. The van der Waals surface area contributed by atoms with Crippen molar-refractivity contribution in [1.82, 2.24) is 0 Å². The van der Waals surface area contributed by atoms with Gasteiger partial charge in [0.1, 0.15) is 0 Å². The van der Waals surface area contributed by atoms with E-state index in [1.54, 1.807) is 0 Å². The maximum atomic E-state index is 9.35. The van der Waals surface area contributed by atoms with Gasteiger partial charge in [-0.3, -0.25) is 0 Å². The van der Waals surface area contributed by atoms with Gasteiger partial charge in [0.15, 0.2) is 0 Å². The average molecular weight is 273 g/mol. The first kappa shape index (κ1) is 13.2. The Morgan fingerprint density at radius 1 is 1.41 bits per heavy atom. The van der Waals surface area contributed by atoms with Crippen molar-refractivity contribution in [3.8, 4) is 0 Å². The first-order valence-electron chi connectivity index (χ1n) is 5.71. The zero-order valence-electron chi connectivity index (χ0n) is 9.86. The van der Waals surface area contributed by atoms with Gasteiger partial charge < -0.3 is 9.84 Å². The van der Waals surface area contributed by atoms with Crippen LogP contribution in [0.4, 0.5) is 0 Å². The first-order valence-corrected chi connectivity index (χ1v) is 7.14. The van der Waals surface area contributed by atoms with Gasteiger partial charge in [-0.05, 0) is 24.6 Å². The van der Waals surface area contributed by atoms with Gasteiger partial charge in [0.2, 0.25) is 0 Å². The molecule has 1 atom stereocenters. The largest absolute Gasteiger partial charge is 0.396 e. The van der Waals surface area contributed by atoms with E-state index in [1.807, 2.05) is 23.9 Å².